The molecule has 0 radical (unpaired) electrons. The first-order valence-electron chi connectivity index (χ1n) is 8.48. The van der Waals surface area contributed by atoms with Crippen LogP contribution in [0.3, 0.4) is 0 Å². The van der Waals surface area contributed by atoms with Crippen molar-refractivity contribution < 1.29 is 26.0 Å². The molecule has 2 N–H and O–H groups in total. The number of piperidine rings is 1. The van der Waals surface area contributed by atoms with Crippen LogP contribution in [0.25, 0.3) is 10.6 Å². The predicted octanol–water partition coefficient (Wildman–Crippen LogP) is 3.14. The molecule has 1 atom stereocenters. The van der Waals surface area contributed by atoms with Crippen LogP contribution in [0, 0.1) is 11.2 Å². The Morgan fingerprint density at radius 1 is 1.21 bits per heavy atom. The van der Waals surface area contributed by atoms with E-state index in [1.165, 1.54) is 4.31 Å². The van der Waals surface area contributed by atoms with Crippen LogP contribution in [-0.4, -0.2) is 36.0 Å². The largest absolute Gasteiger partial charge is 0.417 e. The maximum absolute atomic E-state index is 13.3. The number of nitrogens with two attached hydrogens (primary N) is 1. The van der Waals surface area contributed by atoms with Crippen molar-refractivity contribution in [2.75, 3.05) is 13.1 Å². The molecule has 1 saturated carbocycles. The zero-order valence-electron chi connectivity index (χ0n) is 14.4. The van der Waals surface area contributed by atoms with Gasteiger partial charge in [0.1, 0.15) is 15.8 Å². The van der Waals surface area contributed by atoms with Crippen molar-refractivity contribution in [2.24, 2.45) is 10.6 Å². The molecule has 0 unspecified atom stereocenters. The number of hydrogen-bond acceptors (Lipinski definition) is 5. The zero-order valence-corrected chi connectivity index (χ0v) is 16.0. The highest BCUT2D eigenvalue weighted by Crippen LogP contribution is 2.65. The number of benzene rings is 1. The standard InChI is InChI=1S/C16H16F4N4O2S2/c17-9-1-2-10(11(7-9)16(18,19)20)13-22-23-14(27-13)12-8-15(12)3-5-24(6-4-15)28(21,25)26/h1-2,7,12H,3-6,8H2,(H2,21,25,26)/t12-/m0/s1. The van der Waals surface area contributed by atoms with E-state index in [-0.39, 0.29) is 21.9 Å². The first kappa shape index (κ1) is 19.7. The van der Waals surface area contributed by atoms with Crippen molar-refractivity contribution in [2.45, 2.75) is 31.4 Å². The number of halogens is 4. The summed E-state index contributed by atoms with van der Waals surface area (Å²) in [5, 5.41) is 13.8. The van der Waals surface area contributed by atoms with E-state index in [0.29, 0.717) is 37.0 Å². The fourth-order valence-corrected chi connectivity index (χ4v) is 5.67. The van der Waals surface area contributed by atoms with Crippen LogP contribution in [0.4, 0.5) is 17.6 Å². The summed E-state index contributed by atoms with van der Waals surface area (Å²) in [7, 11) is -3.71. The van der Waals surface area contributed by atoms with E-state index in [1.807, 2.05) is 0 Å². The average Bonchev–Trinajstić information content (AvgIpc) is 3.07. The maximum atomic E-state index is 13.3. The lowest BCUT2D eigenvalue weighted by Gasteiger charge is -2.30. The van der Waals surface area contributed by atoms with E-state index in [2.05, 4.69) is 10.2 Å². The van der Waals surface area contributed by atoms with Crippen LogP contribution < -0.4 is 5.14 Å². The van der Waals surface area contributed by atoms with Gasteiger partial charge in [0, 0.05) is 24.6 Å². The first-order chi connectivity index (χ1) is 13.0. The second-order valence-corrected chi connectivity index (χ2v) is 9.75. The fourth-order valence-electron chi connectivity index (χ4n) is 3.86. The van der Waals surface area contributed by atoms with Crippen molar-refractivity contribution in [3.8, 4) is 10.6 Å². The normalized spacial score (nSPS) is 22.5. The molecule has 28 heavy (non-hydrogen) atoms. The minimum absolute atomic E-state index is 0.0381. The molecule has 2 aromatic rings. The Balaban J connectivity index is 1.55. The number of nitrogens with zero attached hydrogens (tertiary/aromatic N) is 3. The predicted molar refractivity (Wildman–Crippen MR) is 94.0 cm³/mol. The van der Waals surface area contributed by atoms with Crippen LogP contribution >= 0.6 is 11.3 Å². The Morgan fingerprint density at radius 2 is 1.89 bits per heavy atom. The quantitative estimate of drug-likeness (QED) is 0.749. The van der Waals surface area contributed by atoms with Crippen molar-refractivity contribution >= 4 is 21.5 Å². The lowest BCUT2D eigenvalue weighted by molar-refractivity contribution is -0.137. The van der Waals surface area contributed by atoms with Crippen LogP contribution in [0.2, 0.25) is 0 Å². The first-order valence-corrected chi connectivity index (χ1v) is 10.8. The summed E-state index contributed by atoms with van der Waals surface area (Å²) < 4.78 is 77.1. The van der Waals surface area contributed by atoms with E-state index in [4.69, 9.17) is 5.14 Å². The van der Waals surface area contributed by atoms with Gasteiger partial charge in [0.05, 0.1) is 5.56 Å². The SMILES string of the molecule is NS(=O)(=O)N1CCC2(CC1)C[C@H]2c1nnc(-c2ccc(F)cc2C(F)(F)F)s1. The van der Waals surface area contributed by atoms with Crippen molar-refractivity contribution in [1.82, 2.24) is 14.5 Å². The third kappa shape index (κ3) is 3.53. The van der Waals surface area contributed by atoms with Crippen molar-refractivity contribution in [1.29, 1.82) is 0 Å². The molecule has 152 valence electrons. The van der Waals surface area contributed by atoms with Crippen molar-refractivity contribution in [3.63, 3.8) is 0 Å². The van der Waals surface area contributed by atoms with Crippen molar-refractivity contribution in [3.05, 3.63) is 34.6 Å². The van der Waals surface area contributed by atoms with E-state index in [1.54, 1.807) is 0 Å². The Morgan fingerprint density at radius 3 is 2.50 bits per heavy atom. The highest BCUT2D eigenvalue weighted by Gasteiger charge is 2.57. The van der Waals surface area contributed by atoms with Gasteiger partial charge in [-0.25, -0.2) is 9.53 Å². The van der Waals surface area contributed by atoms with Gasteiger partial charge >= 0.3 is 6.18 Å². The monoisotopic (exact) mass is 436 g/mol. The van der Waals surface area contributed by atoms with Crippen LogP contribution in [0.1, 0.15) is 35.8 Å². The van der Waals surface area contributed by atoms with E-state index < -0.39 is 27.8 Å². The Kier molecular flexibility index (Phi) is 4.53. The van der Waals surface area contributed by atoms with Crippen LogP contribution in [0.15, 0.2) is 18.2 Å². The minimum atomic E-state index is -4.70. The highest BCUT2D eigenvalue weighted by molar-refractivity contribution is 7.86. The van der Waals surface area contributed by atoms with Gasteiger partial charge in [0.15, 0.2) is 0 Å². The molecule has 1 spiro atoms. The molecule has 1 aliphatic heterocycles. The maximum Gasteiger partial charge on any atom is 0.417 e. The van der Waals surface area contributed by atoms with E-state index >= 15 is 0 Å². The smallest absolute Gasteiger partial charge is 0.216 e. The van der Waals surface area contributed by atoms with Gasteiger partial charge in [-0.2, -0.15) is 25.9 Å². The third-order valence-electron chi connectivity index (χ3n) is 5.52. The number of alkyl halides is 3. The lowest BCUT2D eigenvalue weighted by atomic mass is 9.92. The molecule has 12 heteroatoms. The number of hydrogen-bond donors (Lipinski definition) is 1. The summed E-state index contributed by atoms with van der Waals surface area (Å²) in [6.07, 6.45) is -2.68. The molecule has 1 aromatic carbocycles. The molecule has 1 aliphatic carbocycles. The van der Waals surface area contributed by atoms with Gasteiger partial charge in [-0.3, -0.25) is 0 Å². The summed E-state index contributed by atoms with van der Waals surface area (Å²) >= 11 is 1.07. The van der Waals surface area contributed by atoms with Gasteiger partial charge in [-0.1, -0.05) is 11.3 Å². The van der Waals surface area contributed by atoms with Gasteiger partial charge in [-0.15, -0.1) is 10.2 Å². The van der Waals surface area contributed by atoms with Gasteiger partial charge in [0.25, 0.3) is 10.2 Å². The molecule has 4 rings (SSSR count). The molecule has 1 aromatic heterocycles. The molecule has 2 fully saturated rings. The average molecular weight is 436 g/mol. The summed E-state index contributed by atoms with van der Waals surface area (Å²) in [4.78, 5) is 0. The van der Waals surface area contributed by atoms with Gasteiger partial charge < -0.3 is 0 Å². The molecule has 2 heterocycles. The van der Waals surface area contributed by atoms with E-state index in [0.717, 1.165) is 29.9 Å². The molecule has 2 aliphatic rings. The van der Waals surface area contributed by atoms with Crippen LogP contribution in [0.5, 0.6) is 0 Å². The molecule has 0 amide bonds. The molecule has 0 bridgehead atoms. The number of rotatable bonds is 3. The van der Waals surface area contributed by atoms with E-state index in [9.17, 15) is 26.0 Å². The van der Waals surface area contributed by atoms with Gasteiger partial charge in [0.2, 0.25) is 0 Å². The Bertz CT molecular complexity index is 1010. The Labute approximate surface area is 162 Å². The summed E-state index contributed by atoms with van der Waals surface area (Å²) in [6.45, 7) is 0.633. The fraction of sp³-hybridized carbons (Fsp3) is 0.500. The topological polar surface area (TPSA) is 89.2 Å². The Hall–Kier alpha value is -1.63. The zero-order chi connectivity index (χ0) is 20.3. The number of aromatic nitrogens is 2. The lowest BCUT2D eigenvalue weighted by Crippen LogP contribution is -2.42. The molecule has 6 nitrogen and oxygen atoms in total. The second kappa shape index (κ2) is 6.44. The summed E-state index contributed by atoms with van der Waals surface area (Å²) in [6, 6.07) is 2.49. The summed E-state index contributed by atoms with van der Waals surface area (Å²) in [5.41, 5.74) is -1.38. The molecule has 1 saturated heterocycles. The minimum Gasteiger partial charge on any atom is -0.216 e. The summed E-state index contributed by atoms with van der Waals surface area (Å²) in [5.74, 6) is -0.931. The molecular formula is C16H16F4N4O2S2. The highest BCUT2D eigenvalue weighted by atomic mass is 32.2. The van der Waals surface area contributed by atoms with Crippen LogP contribution in [-0.2, 0) is 16.4 Å². The second-order valence-electron chi connectivity index (χ2n) is 7.20. The third-order valence-corrected chi connectivity index (χ3v) is 7.68. The molecular weight excluding hydrogens is 420 g/mol. The van der Waals surface area contributed by atoms with Gasteiger partial charge in [-0.05, 0) is 42.9 Å².